The van der Waals surface area contributed by atoms with Gasteiger partial charge in [-0.15, -0.1) is 0 Å². The summed E-state index contributed by atoms with van der Waals surface area (Å²) in [5.74, 6) is 0.697. The van der Waals surface area contributed by atoms with E-state index in [1.165, 1.54) is 25.9 Å². The molecule has 0 unspecified atom stereocenters. The van der Waals surface area contributed by atoms with Crippen molar-refractivity contribution < 1.29 is 0 Å². The molecule has 4 aromatic rings. The summed E-state index contributed by atoms with van der Waals surface area (Å²) in [5.41, 5.74) is 5.05. The zero-order valence-corrected chi connectivity index (χ0v) is 15.8. The van der Waals surface area contributed by atoms with Crippen LogP contribution < -0.4 is 5.32 Å². The van der Waals surface area contributed by atoms with Crippen LogP contribution in [0.25, 0.3) is 33.6 Å². The molecular weight excluding hydrogens is 350 g/mol. The van der Waals surface area contributed by atoms with E-state index in [-0.39, 0.29) is 0 Å². The number of hydrogen-bond donors (Lipinski definition) is 2. The fourth-order valence-corrected chi connectivity index (χ4v) is 3.07. The van der Waals surface area contributed by atoms with E-state index in [4.69, 9.17) is 0 Å². The molecule has 1 aromatic carbocycles. The molecule has 28 heavy (non-hydrogen) atoms. The predicted octanol–water partition coefficient (Wildman–Crippen LogP) is 3.30. The van der Waals surface area contributed by atoms with E-state index >= 15 is 0 Å². The standard InChI is InChI=1S/C17H14N6.C4H9N/c1-23-11-16(10-22-23)12-3-2-4-13(5-12)17-18-6-14(7-19-17)15-8-20-21-9-15;1-2-4-5-3-1/h2-11H,1H3,(H,20,21);5H,1-4H2. The molecule has 0 spiro atoms. The van der Waals surface area contributed by atoms with Crippen molar-refractivity contribution in [2.75, 3.05) is 13.1 Å². The Morgan fingerprint density at radius 1 is 0.857 bits per heavy atom. The van der Waals surface area contributed by atoms with Gasteiger partial charge in [0.25, 0.3) is 0 Å². The Kier molecular flexibility index (Phi) is 5.53. The molecule has 1 fully saturated rings. The Labute approximate surface area is 163 Å². The van der Waals surface area contributed by atoms with Crippen molar-refractivity contribution in [1.29, 1.82) is 0 Å². The number of H-pyrrole nitrogens is 1. The van der Waals surface area contributed by atoms with Crippen molar-refractivity contribution in [3.63, 3.8) is 0 Å². The van der Waals surface area contributed by atoms with Gasteiger partial charge in [-0.05, 0) is 37.6 Å². The van der Waals surface area contributed by atoms with Crippen LogP contribution in [0.4, 0.5) is 0 Å². The molecule has 1 saturated heterocycles. The van der Waals surface area contributed by atoms with Gasteiger partial charge in [0.2, 0.25) is 0 Å². The van der Waals surface area contributed by atoms with Crippen LogP contribution in [0.5, 0.6) is 0 Å². The predicted molar refractivity (Wildman–Crippen MR) is 109 cm³/mol. The van der Waals surface area contributed by atoms with Crippen LogP contribution in [0, 0.1) is 0 Å². The largest absolute Gasteiger partial charge is 0.317 e. The number of nitrogens with one attached hydrogen (secondary N) is 2. The third-order valence-corrected chi connectivity index (χ3v) is 4.60. The quantitative estimate of drug-likeness (QED) is 0.576. The second-order valence-corrected chi connectivity index (χ2v) is 6.72. The van der Waals surface area contributed by atoms with Gasteiger partial charge < -0.3 is 5.32 Å². The minimum Gasteiger partial charge on any atom is -0.317 e. The van der Waals surface area contributed by atoms with E-state index in [0.717, 1.165) is 27.8 Å². The molecule has 142 valence electrons. The number of aryl methyl sites for hydroxylation is 1. The Hall–Kier alpha value is -3.32. The maximum atomic E-state index is 4.47. The second-order valence-electron chi connectivity index (χ2n) is 6.72. The molecule has 5 rings (SSSR count). The minimum absolute atomic E-state index is 0.697. The number of benzene rings is 1. The summed E-state index contributed by atoms with van der Waals surface area (Å²) in [6, 6.07) is 8.14. The number of aromatic nitrogens is 6. The molecule has 2 N–H and O–H groups in total. The lowest BCUT2D eigenvalue weighted by Gasteiger charge is -2.04. The highest BCUT2D eigenvalue weighted by molar-refractivity contribution is 5.70. The summed E-state index contributed by atoms with van der Waals surface area (Å²) in [6.07, 6.45) is 13.8. The average molecular weight is 373 g/mol. The Balaban J connectivity index is 0.000000336. The number of rotatable bonds is 3. The fraction of sp³-hybridized carbons (Fsp3) is 0.238. The van der Waals surface area contributed by atoms with Crippen molar-refractivity contribution >= 4 is 0 Å². The lowest BCUT2D eigenvalue weighted by atomic mass is 10.1. The van der Waals surface area contributed by atoms with Crippen molar-refractivity contribution in [2.45, 2.75) is 12.8 Å². The summed E-state index contributed by atoms with van der Waals surface area (Å²) in [4.78, 5) is 8.94. The molecule has 0 bridgehead atoms. The van der Waals surface area contributed by atoms with Gasteiger partial charge in [-0.2, -0.15) is 10.2 Å². The number of nitrogens with zero attached hydrogens (tertiary/aromatic N) is 5. The highest BCUT2D eigenvalue weighted by Crippen LogP contribution is 2.25. The number of aromatic amines is 1. The monoisotopic (exact) mass is 373 g/mol. The van der Waals surface area contributed by atoms with Crippen LogP contribution in [0.3, 0.4) is 0 Å². The van der Waals surface area contributed by atoms with Gasteiger partial charge in [-0.3, -0.25) is 9.78 Å². The molecule has 0 radical (unpaired) electrons. The van der Waals surface area contributed by atoms with Crippen LogP contribution in [0.15, 0.2) is 61.4 Å². The molecule has 0 aliphatic carbocycles. The van der Waals surface area contributed by atoms with Gasteiger partial charge >= 0.3 is 0 Å². The zero-order chi connectivity index (χ0) is 19.2. The maximum Gasteiger partial charge on any atom is 0.159 e. The summed E-state index contributed by atoms with van der Waals surface area (Å²) < 4.78 is 1.79. The van der Waals surface area contributed by atoms with E-state index in [1.54, 1.807) is 10.9 Å². The molecule has 3 aromatic heterocycles. The first-order valence-corrected chi connectivity index (χ1v) is 9.41. The zero-order valence-electron chi connectivity index (χ0n) is 15.8. The van der Waals surface area contributed by atoms with Crippen molar-refractivity contribution in [3.8, 4) is 33.6 Å². The normalized spacial score (nSPS) is 13.2. The Bertz CT molecular complexity index is 992. The Morgan fingerprint density at radius 2 is 1.64 bits per heavy atom. The van der Waals surface area contributed by atoms with E-state index in [0.29, 0.717) is 5.82 Å². The molecule has 1 aliphatic rings. The van der Waals surface area contributed by atoms with E-state index in [9.17, 15) is 0 Å². The van der Waals surface area contributed by atoms with Crippen LogP contribution in [-0.4, -0.2) is 43.0 Å². The van der Waals surface area contributed by atoms with Gasteiger partial charge in [0.05, 0.1) is 12.4 Å². The third kappa shape index (κ3) is 4.32. The van der Waals surface area contributed by atoms with Crippen molar-refractivity contribution in [1.82, 2.24) is 35.3 Å². The first kappa shape index (κ1) is 18.1. The van der Waals surface area contributed by atoms with E-state index in [2.05, 4.69) is 42.7 Å². The summed E-state index contributed by atoms with van der Waals surface area (Å²) >= 11 is 0. The van der Waals surface area contributed by atoms with Crippen molar-refractivity contribution in [3.05, 3.63) is 61.4 Å². The SMILES string of the molecule is C1CCNC1.Cn1cc(-c2cccc(-c3ncc(-c4cn[nH]c4)cn3)c2)cn1. The highest BCUT2D eigenvalue weighted by Gasteiger charge is 2.06. The van der Waals surface area contributed by atoms with E-state index < -0.39 is 0 Å². The van der Waals surface area contributed by atoms with Crippen LogP contribution in [0.1, 0.15) is 12.8 Å². The summed E-state index contributed by atoms with van der Waals surface area (Å²) in [5, 5.41) is 14.2. The number of hydrogen-bond acceptors (Lipinski definition) is 5. The fourth-order valence-electron chi connectivity index (χ4n) is 3.07. The van der Waals surface area contributed by atoms with Crippen LogP contribution in [-0.2, 0) is 7.05 Å². The minimum atomic E-state index is 0.697. The smallest absolute Gasteiger partial charge is 0.159 e. The molecule has 4 heterocycles. The van der Waals surface area contributed by atoms with Crippen molar-refractivity contribution in [2.24, 2.45) is 7.05 Å². The second kappa shape index (κ2) is 8.58. The molecule has 0 amide bonds. The van der Waals surface area contributed by atoms with Gasteiger partial charge in [0.15, 0.2) is 5.82 Å². The van der Waals surface area contributed by atoms with Gasteiger partial charge in [0, 0.05) is 54.1 Å². The third-order valence-electron chi connectivity index (χ3n) is 4.60. The Morgan fingerprint density at radius 3 is 2.25 bits per heavy atom. The first-order valence-electron chi connectivity index (χ1n) is 9.41. The molecule has 7 nitrogen and oxygen atoms in total. The molecular formula is C21H23N7. The van der Waals surface area contributed by atoms with E-state index in [1.807, 2.05) is 50.2 Å². The first-order chi connectivity index (χ1) is 13.8. The van der Waals surface area contributed by atoms with Gasteiger partial charge in [-0.25, -0.2) is 9.97 Å². The lowest BCUT2D eigenvalue weighted by Crippen LogP contribution is -2.03. The molecule has 1 aliphatic heterocycles. The van der Waals surface area contributed by atoms with Crippen LogP contribution >= 0.6 is 0 Å². The summed E-state index contributed by atoms with van der Waals surface area (Å²) in [7, 11) is 1.91. The molecule has 7 heteroatoms. The summed E-state index contributed by atoms with van der Waals surface area (Å²) in [6.45, 7) is 2.50. The highest BCUT2D eigenvalue weighted by atomic mass is 15.2. The van der Waals surface area contributed by atoms with Gasteiger partial charge in [-0.1, -0.05) is 18.2 Å². The lowest BCUT2D eigenvalue weighted by molar-refractivity contribution is 0.768. The average Bonchev–Trinajstić information content (AvgIpc) is 3.52. The molecule has 0 saturated carbocycles. The molecule has 0 atom stereocenters. The topological polar surface area (TPSA) is 84.3 Å². The maximum absolute atomic E-state index is 4.47. The van der Waals surface area contributed by atoms with Gasteiger partial charge in [0.1, 0.15) is 0 Å². The van der Waals surface area contributed by atoms with Crippen LogP contribution in [0.2, 0.25) is 0 Å².